The largest absolute Gasteiger partial charge is 0.334 e. The van der Waals surface area contributed by atoms with Crippen molar-refractivity contribution in [1.82, 2.24) is 15.1 Å². The molecule has 142 valence electrons. The number of nitrogens with two attached hydrogens (primary N) is 1. The van der Waals surface area contributed by atoms with Crippen LogP contribution in [-0.4, -0.2) is 24.2 Å². The summed E-state index contributed by atoms with van der Waals surface area (Å²) >= 11 is 0. The lowest BCUT2D eigenvalue weighted by Crippen LogP contribution is -2.28. The Kier molecular flexibility index (Phi) is 6.38. The first-order valence-electron chi connectivity index (χ1n) is 8.36. The van der Waals surface area contributed by atoms with E-state index in [2.05, 4.69) is 29.6 Å². The standard InChI is InChI=1S/C17H25N5O3S/c1-12(2)8-9-22-13(3)16(11-20-22)21-17(23)19-10-14-4-6-15(7-5-14)26(18,24)25/h4-7,11-12H,8-10H2,1-3H3,(H2,18,24,25)(H2,19,21,23). The Morgan fingerprint density at radius 1 is 1.27 bits per heavy atom. The summed E-state index contributed by atoms with van der Waals surface area (Å²) in [5.74, 6) is 0.582. The Morgan fingerprint density at radius 2 is 1.92 bits per heavy atom. The maximum Gasteiger partial charge on any atom is 0.319 e. The normalized spacial score (nSPS) is 11.6. The second-order valence-electron chi connectivity index (χ2n) is 6.55. The van der Waals surface area contributed by atoms with Crippen LogP contribution in [0.1, 0.15) is 31.5 Å². The lowest BCUT2D eigenvalue weighted by atomic mass is 10.1. The van der Waals surface area contributed by atoms with E-state index in [1.807, 2.05) is 11.6 Å². The average Bonchev–Trinajstić information content (AvgIpc) is 2.91. The molecule has 2 aromatic rings. The van der Waals surface area contributed by atoms with Crippen LogP contribution in [-0.2, 0) is 23.1 Å². The minimum atomic E-state index is -3.71. The molecule has 1 heterocycles. The van der Waals surface area contributed by atoms with Crippen LogP contribution in [0.3, 0.4) is 0 Å². The van der Waals surface area contributed by atoms with Crippen molar-refractivity contribution in [3.8, 4) is 0 Å². The lowest BCUT2D eigenvalue weighted by Gasteiger charge is -2.09. The molecule has 0 atom stereocenters. The molecule has 2 amide bonds. The van der Waals surface area contributed by atoms with Crippen molar-refractivity contribution < 1.29 is 13.2 Å². The molecular weight excluding hydrogens is 354 g/mol. The third-order valence-electron chi connectivity index (χ3n) is 3.97. The molecule has 4 N–H and O–H groups in total. The van der Waals surface area contributed by atoms with E-state index >= 15 is 0 Å². The Labute approximate surface area is 153 Å². The van der Waals surface area contributed by atoms with E-state index in [9.17, 15) is 13.2 Å². The van der Waals surface area contributed by atoms with Crippen LogP contribution < -0.4 is 15.8 Å². The quantitative estimate of drug-likeness (QED) is 0.683. The molecule has 1 aromatic carbocycles. The summed E-state index contributed by atoms with van der Waals surface area (Å²) in [7, 11) is -3.71. The summed E-state index contributed by atoms with van der Waals surface area (Å²) in [4.78, 5) is 12.1. The summed E-state index contributed by atoms with van der Waals surface area (Å²) in [5, 5.41) is 14.9. The van der Waals surface area contributed by atoms with Crippen molar-refractivity contribution >= 4 is 21.7 Å². The molecule has 0 fully saturated rings. The molecule has 8 nitrogen and oxygen atoms in total. The van der Waals surface area contributed by atoms with Gasteiger partial charge in [0.05, 0.1) is 22.5 Å². The van der Waals surface area contributed by atoms with E-state index in [4.69, 9.17) is 5.14 Å². The molecule has 2 rings (SSSR count). The zero-order chi connectivity index (χ0) is 19.3. The molecule has 0 radical (unpaired) electrons. The lowest BCUT2D eigenvalue weighted by molar-refractivity contribution is 0.251. The van der Waals surface area contributed by atoms with Crippen LogP contribution in [0.25, 0.3) is 0 Å². The van der Waals surface area contributed by atoms with Gasteiger partial charge in [-0.1, -0.05) is 26.0 Å². The zero-order valence-electron chi connectivity index (χ0n) is 15.2. The number of primary sulfonamides is 1. The zero-order valence-corrected chi connectivity index (χ0v) is 16.0. The van der Waals surface area contributed by atoms with Crippen molar-refractivity contribution in [2.75, 3.05) is 5.32 Å². The van der Waals surface area contributed by atoms with Gasteiger partial charge < -0.3 is 10.6 Å². The van der Waals surface area contributed by atoms with E-state index < -0.39 is 10.0 Å². The Morgan fingerprint density at radius 3 is 2.50 bits per heavy atom. The van der Waals surface area contributed by atoms with Crippen LogP contribution >= 0.6 is 0 Å². The average molecular weight is 379 g/mol. The first kappa shape index (κ1) is 19.9. The van der Waals surface area contributed by atoms with Crippen LogP contribution in [0.2, 0.25) is 0 Å². The summed E-state index contributed by atoms with van der Waals surface area (Å²) in [6, 6.07) is 5.68. The molecule has 1 aromatic heterocycles. The number of aromatic nitrogens is 2. The minimum absolute atomic E-state index is 0.0372. The van der Waals surface area contributed by atoms with Gasteiger partial charge in [0.1, 0.15) is 0 Å². The van der Waals surface area contributed by atoms with Crippen molar-refractivity contribution in [3.63, 3.8) is 0 Å². The highest BCUT2D eigenvalue weighted by atomic mass is 32.2. The van der Waals surface area contributed by atoms with Gasteiger partial charge in [-0.25, -0.2) is 18.4 Å². The van der Waals surface area contributed by atoms with Crippen LogP contribution in [0.4, 0.5) is 10.5 Å². The number of benzene rings is 1. The number of rotatable bonds is 7. The van der Waals surface area contributed by atoms with Gasteiger partial charge in [0.25, 0.3) is 0 Å². The number of anilines is 1. The van der Waals surface area contributed by atoms with Gasteiger partial charge >= 0.3 is 6.03 Å². The number of hydrogen-bond donors (Lipinski definition) is 3. The molecule has 0 aliphatic carbocycles. The molecule has 9 heteroatoms. The number of sulfonamides is 1. The number of carbonyl (C=O) groups excluding carboxylic acids is 1. The van der Waals surface area contributed by atoms with E-state index in [1.165, 1.54) is 12.1 Å². The van der Waals surface area contributed by atoms with Gasteiger partial charge in [-0.05, 0) is 37.0 Å². The maximum atomic E-state index is 12.1. The van der Waals surface area contributed by atoms with Crippen molar-refractivity contribution in [2.24, 2.45) is 11.1 Å². The summed E-state index contributed by atoms with van der Waals surface area (Å²) in [6.45, 7) is 7.29. The predicted molar refractivity (Wildman–Crippen MR) is 100 cm³/mol. The van der Waals surface area contributed by atoms with Crippen LogP contribution in [0.5, 0.6) is 0 Å². The molecule has 0 bridgehead atoms. The van der Waals surface area contributed by atoms with Crippen molar-refractivity contribution in [2.45, 2.75) is 45.2 Å². The molecule has 26 heavy (non-hydrogen) atoms. The fourth-order valence-electron chi connectivity index (χ4n) is 2.32. The van der Waals surface area contributed by atoms with Gasteiger partial charge in [-0.15, -0.1) is 0 Å². The number of carbonyl (C=O) groups is 1. The van der Waals surface area contributed by atoms with Gasteiger partial charge in [0.2, 0.25) is 10.0 Å². The van der Waals surface area contributed by atoms with E-state index in [0.717, 1.165) is 24.2 Å². The Hall–Kier alpha value is -2.39. The van der Waals surface area contributed by atoms with Gasteiger partial charge in [0, 0.05) is 13.1 Å². The van der Waals surface area contributed by atoms with Crippen molar-refractivity contribution in [1.29, 1.82) is 0 Å². The monoisotopic (exact) mass is 379 g/mol. The molecule has 0 aliphatic heterocycles. The Balaban J connectivity index is 1.89. The third-order valence-corrected chi connectivity index (χ3v) is 4.90. The number of aryl methyl sites for hydroxylation is 1. The van der Waals surface area contributed by atoms with Crippen molar-refractivity contribution in [3.05, 3.63) is 41.7 Å². The highest BCUT2D eigenvalue weighted by Crippen LogP contribution is 2.15. The fraction of sp³-hybridized carbons (Fsp3) is 0.412. The number of hydrogen-bond acceptors (Lipinski definition) is 4. The second kappa shape index (κ2) is 8.33. The summed E-state index contributed by atoms with van der Waals surface area (Å²) in [6.07, 6.45) is 2.65. The molecule has 0 unspecified atom stereocenters. The number of nitrogens with zero attached hydrogens (tertiary/aromatic N) is 2. The van der Waals surface area contributed by atoms with E-state index in [1.54, 1.807) is 18.3 Å². The maximum absolute atomic E-state index is 12.1. The first-order valence-corrected chi connectivity index (χ1v) is 9.90. The molecule has 0 spiro atoms. The summed E-state index contributed by atoms with van der Waals surface area (Å²) in [5.41, 5.74) is 2.33. The second-order valence-corrected chi connectivity index (χ2v) is 8.11. The molecule has 0 saturated carbocycles. The SMILES string of the molecule is Cc1c(NC(=O)NCc2ccc(S(N)(=O)=O)cc2)cnn1CCC(C)C. The summed E-state index contributed by atoms with van der Waals surface area (Å²) < 4.78 is 24.3. The molecule has 0 aliphatic rings. The minimum Gasteiger partial charge on any atom is -0.334 e. The highest BCUT2D eigenvalue weighted by Gasteiger charge is 2.11. The van der Waals surface area contributed by atoms with Crippen LogP contribution in [0, 0.1) is 12.8 Å². The fourth-order valence-corrected chi connectivity index (χ4v) is 2.84. The Bertz CT molecular complexity index is 857. The number of urea groups is 1. The number of amides is 2. The van der Waals surface area contributed by atoms with Gasteiger partial charge in [-0.3, -0.25) is 4.68 Å². The van der Waals surface area contributed by atoms with E-state index in [-0.39, 0.29) is 17.5 Å². The van der Waals surface area contributed by atoms with Gasteiger partial charge in [0.15, 0.2) is 0 Å². The topological polar surface area (TPSA) is 119 Å². The first-order chi connectivity index (χ1) is 12.2. The van der Waals surface area contributed by atoms with Gasteiger partial charge in [-0.2, -0.15) is 5.10 Å². The highest BCUT2D eigenvalue weighted by molar-refractivity contribution is 7.89. The molecule has 0 saturated heterocycles. The third kappa shape index (κ3) is 5.57. The van der Waals surface area contributed by atoms with E-state index in [0.29, 0.717) is 11.6 Å². The van der Waals surface area contributed by atoms with Crippen LogP contribution in [0.15, 0.2) is 35.4 Å². The molecular formula is C17H25N5O3S. The number of nitrogens with one attached hydrogen (secondary N) is 2. The predicted octanol–water partition coefficient (Wildman–Crippen LogP) is 2.21. The smallest absolute Gasteiger partial charge is 0.319 e.